The van der Waals surface area contributed by atoms with Crippen molar-refractivity contribution in [1.82, 2.24) is 4.98 Å². The van der Waals surface area contributed by atoms with Gasteiger partial charge < -0.3 is 20.7 Å². The molecule has 2 aromatic carbocycles. The normalized spacial score (nSPS) is 10.1. The van der Waals surface area contributed by atoms with E-state index in [0.29, 0.717) is 17.0 Å². The number of anilines is 3. The summed E-state index contributed by atoms with van der Waals surface area (Å²) in [5, 5.41) is 9.07. The molecule has 3 aromatic rings. The molecule has 0 fully saturated rings. The Balaban J connectivity index is 1.67. The van der Waals surface area contributed by atoms with E-state index in [2.05, 4.69) is 20.9 Å². The first-order valence-electron chi connectivity index (χ1n) is 8.18. The minimum Gasteiger partial charge on any atom is -0.457 e. The molecule has 1 heterocycles. The minimum atomic E-state index is -0.201. The Kier molecular flexibility index (Phi) is 5.34. The molecule has 0 unspecified atom stereocenters. The van der Waals surface area contributed by atoms with Gasteiger partial charge in [-0.05, 0) is 48.5 Å². The standard InChI is InChI=1S/C20H20N4O2/c1-21-18-10-9-17(12-19(18)22-2)26-16-7-5-15(6-8-16)24-20(25)14-4-3-11-23-13-14/h3-13,21-22H,1-2H3,(H,24,25). The maximum absolute atomic E-state index is 12.1. The highest BCUT2D eigenvalue weighted by molar-refractivity contribution is 6.04. The Morgan fingerprint density at radius 1 is 0.923 bits per heavy atom. The van der Waals surface area contributed by atoms with Gasteiger partial charge in [-0.2, -0.15) is 0 Å². The van der Waals surface area contributed by atoms with Crippen molar-refractivity contribution in [2.24, 2.45) is 0 Å². The SMILES string of the molecule is CNc1ccc(Oc2ccc(NC(=O)c3cccnc3)cc2)cc1NC. The number of nitrogens with zero attached hydrogens (tertiary/aromatic N) is 1. The molecule has 0 radical (unpaired) electrons. The summed E-state index contributed by atoms with van der Waals surface area (Å²) in [5.41, 5.74) is 3.14. The Morgan fingerprint density at radius 2 is 1.65 bits per heavy atom. The predicted octanol–water partition coefficient (Wildman–Crippen LogP) is 4.21. The molecule has 6 heteroatoms. The lowest BCUT2D eigenvalue weighted by Crippen LogP contribution is -2.11. The average molecular weight is 348 g/mol. The summed E-state index contributed by atoms with van der Waals surface area (Å²) in [6.45, 7) is 0. The van der Waals surface area contributed by atoms with Crippen molar-refractivity contribution in [3.63, 3.8) is 0 Å². The molecule has 0 atom stereocenters. The zero-order valence-corrected chi connectivity index (χ0v) is 14.6. The van der Waals surface area contributed by atoms with E-state index in [9.17, 15) is 4.79 Å². The lowest BCUT2D eigenvalue weighted by atomic mass is 10.2. The molecule has 0 saturated carbocycles. The molecule has 1 amide bonds. The van der Waals surface area contributed by atoms with Gasteiger partial charge in [-0.3, -0.25) is 9.78 Å². The summed E-state index contributed by atoms with van der Waals surface area (Å²) in [7, 11) is 3.73. The molecule has 132 valence electrons. The molecule has 0 spiro atoms. The molecular formula is C20H20N4O2. The first kappa shape index (κ1) is 17.3. The van der Waals surface area contributed by atoms with E-state index in [1.807, 2.05) is 44.4 Å². The third-order valence-electron chi connectivity index (χ3n) is 3.80. The third kappa shape index (κ3) is 4.10. The maximum atomic E-state index is 12.1. The van der Waals surface area contributed by atoms with Crippen LogP contribution in [0, 0.1) is 0 Å². The van der Waals surface area contributed by atoms with Gasteiger partial charge in [0.15, 0.2) is 0 Å². The van der Waals surface area contributed by atoms with Gasteiger partial charge in [-0.1, -0.05) is 0 Å². The summed E-state index contributed by atoms with van der Waals surface area (Å²) >= 11 is 0. The second-order valence-electron chi connectivity index (χ2n) is 5.53. The lowest BCUT2D eigenvalue weighted by molar-refractivity contribution is 0.102. The van der Waals surface area contributed by atoms with Crippen molar-refractivity contribution >= 4 is 23.0 Å². The average Bonchev–Trinajstić information content (AvgIpc) is 2.70. The molecule has 0 aliphatic carbocycles. The number of carbonyl (C=O) groups excluding carboxylic acids is 1. The van der Waals surface area contributed by atoms with E-state index in [4.69, 9.17) is 4.74 Å². The summed E-state index contributed by atoms with van der Waals surface area (Å²) in [6.07, 6.45) is 3.16. The molecule has 0 saturated heterocycles. The summed E-state index contributed by atoms with van der Waals surface area (Å²) in [4.78, 5) is 16.1. The number of ether oxygens (including phenoxy) is 1. The Bertz CT molecular complexity index is 880. The van der Waals surface area contributed by atoms with E-state index in [0.717, 1.165) is 17.1 Å². The molecule has 0 aliphatic rings. The zero-order chi connectivity index (χ0) is 18.4. The van der Waals surface area contributed by atoms with Crippen LogP contribution in [-0.4, -0.2) is 25.0 Å². The van der Waals surface area contributed by atoms with Crippen molar-refractivity contribution < 1.29 is 9.53 Å². The second kappa shape index (κ2) is 8.02. The molecule has 1 aromatic heterocycles. The van der Waals surface area contributed by atoms with Gasteiger partial charge >= 0.3 is 0 Å². The van der Waals surface area contributed by atoms with Crippen LogP contribution in [0.5, 0.6) is 11.5 Å². The molecule has 26 heavy (non-hydrogen) atoms. The van der Waals surface area contributed by atoms with Gasteiger partial charge in [0.25, 0.3) is 5.91 Å². The van der Waals surface area contributed by atoms with Crippen LogP contribution < -0.4 is 20.7 Å². The van der Waals surface area contributed by atoms with Crippen LogP contribution in [-0.2, 0) is 0 Å². The second-order valence-corrected chi connectivity index (χ2v) is 5.53. The molecule has 3 rings (SSSR count). The Labute approximate surface area is 152 Å². The Morgan fingerprint density at radius 3 is 2.31 bits per heavy atom. The minimum absolute atomic E-state index is 0.201. The van der Waals surface area contributed by atoms with Gasteiger partial charge in [0.05, 0.1) is 16.9 Å². The number of hydrogen-bond donors (Lipinski definition) is 3. The van der Waals surface area contributed by atoms with E-state index in [-0.39, 0.29) is 5.91 Å². The van der Waals surface area contributed by atoms with E-state index in [1.165, 1.54) is 6.20 Å². The van der Waals surface area contributed by atoms with Gasteiger partial charge in [0.1, 0.15) is 11.5 Å². The van der Waals surface area contributed by atoms with Crippen molar-refractivity contribution in [2.75, 3.05) is 30.0 Å². The van der Waals surface area contributed by atoms with Gasteiger partial charge in [-0.25, -0.2) is 0 Å². The first-order chi connectivity index (χ1) is 12.7. The molecule has 3 N–H and O–H groups in total. The van der Waals surface area contributed by atoms with E-state index >= 15 is 0 Å². The van der Waals surface area contributed by atoms with Crippen molar-refractivity contribution in [3.8, 4) is 11.5 Å². The number of carbonyl (C=O) groups is 1. The predicted molar refractivity (Wildman–Crippen MR) is 104 cm³/mol. The van der Waals surface area contributed by atoms with Crippen LogP contribution in [0.2, 0.25) is 0 Å². The largest absolute Gasteiger partial charge is 0.457 e. The summed E-state index contributed by atoms with van der Waals surface area (Å²) in [5.74, 6) is 1.21. The molecular weight excluding hydrogens is 328 g/mol. The highest BCUT2D eigenvalue weighted by Crippen LogP contribution is 2.30. The third-order valence-corrected chi connectivity index (χ3v) is 3.80. The highest BCUT2D eigenvalue weighted by atomic mass is 16.5. The van der Waals surface area contributed by atoms with Gasteiger partial charge in [-0.15, -0.1) is 0 Å². The van der Waals surface area contributed by atoms with Crippen LogP contribution in [0.25, 0.3) is 0 Å². The number of hydrogen-bond acceptors (Lipinski definition) is 5. The number of pyridine rings is 1. The highest BCUT2D eigenvalue weighted by Gasteiger charge is 2.07. The first-order valence-corrected chi connectivity index (χ1v) is 8.18. The topological polar surface area (TPSA) is 75.3 Å². The molecule has 6 nitrogen and oxygen atoms in total. The maximum Gasteiger partial charge on any atom is 0.257 e. The zero-order valence-electron chi connectivity index (χ0n) is 14.6. The summed E-state index contributed by atoms with van der Waals surface area (Å²) < 4.78 is 5.87. The van der Waals surface area contributed by atoms with Crippen LogP contribution in [0.1, 0.15) is 10.4 Å². The van der Waals surface area contributed by atoms with Crippen molar-refractivity contribution in [2.45, 2.75) is 0 Å². The Hall–Kier alpha value is -3.54. The smallest absolute Gasteiger partial charge is 0.257 e. The van der Waals surface area contributed by atoms with E-state index < -0.39 is 0 Å². The van der Waals surface area contributed by atoms with Gasteiger partial charge in [0.2, 0.25) is 0 Å². The summed E-state index contributed by atoms with van der Waals surface area (Å²) in [6, 6.07) is 16.4. The molecule has 0 bridgehead atoms. The van der Waals surface area contributed by atoms with Crippen LogP contribution >= 0.6 is 0 Å². The fraction of sp³-hybridized carbons (Fsp3) is 0.100. The monoisotopic (exact) mass is 348 g/mol. The fourth-order valence-electron chi connectivity index (χ4n) is 2.45. The number of amides is 1. The lowest BCUT2D eigenvalue weighted by Gasteiger charge is -2.12. The fourth-order valence-corrected chi connectivity index (χ4v) is 2.45. The van der Waals surface area contributed by atoms with Gasteiger partial charge in [0, 0.05) is 38.2 Å². The number of aromatic nitrogens is 1. The quantitative estimate of drug-likeness (QED) is 0.622. The van der Waals surface area contributed by atoms with E-state index in [1.54, 1.807) is 30.5 Å². The number of benzene rings is 2. The van der Waals surface area contributed by atoms with Crippen molar-refractivity contribution in [1.29, 1.82) is 0 Å². The van der Waals surface area contributed by atoms with Crippen LogP contribution in [0.4, 0.5) is 17.1 Å². The molecule has 0 aliphatic heterocycles. The number of nitrogens with one attached hydrogen (secondary N) is 3. The van der Waals surface area contributed by atoms with Crippen molar-refractivity contribution in [3.05, 3.63) is 72.6 Å². The number of rotatable bonds is 6. The van der Waals surface area contributed by atoms with Crippen LogP contribution in [0.3, 0.4) is 0 Å². The van der Waals surface area contributed by atoms with Crippen LogP contribution in [0.15, 0.2) is 67.0 Å².